The molecular formula is C21H26MgN2O2S. The van der Waals surface area contributed by atoms with E-state index in [0.29, 0.717) is 17.6 Å². The van der Waals surface area contributed by atoms with Gasteiger partial charge < -0.3 is 9.29 Å². The van der Waals surface area contributed by atoms with Crippen LogP contribution in [-0.2, 0) is 10.0 Å². The van der Waals surface area contributed by atoms with E-state index in [-0.39, 0.29) is 27.9 Å². The van der Waals surface area contributed by atoms with Gasteiger partial charge in [-0.3, -0.25) is 0 Å². The minimum Gasteiger partial charge on any atom is -0.658 e. The summed E-state index contributed by atoms with van der Waals surface area (Å²) >= 11 is 0. The Morgan fingerprint density at radius 3 is 1.93 bits per heavy atom. The summed E-state index contributed by atoms with van der Waals surface area (Å²) in [5.74, 6) is 0. The third-order valence-electron chi connectivity index (χ3n) is 3.67. The molecule has 0 fully saturated rings. The quantitative estimate of drug-likeness (QED) is 0.472. The molecule has 0 aliphatic heterocycles. The summed E-state index contributed by atoms with van der Waals surface area (Å²) in [5.41, 5.74) is 1.49. The minimum atomic E-state index is -3.58. The molecule has 0 spiro atoms. The molecule has 4 nitrogen and oxygen atoms in total. The fourth-order valence-corrected chi connectivity index (χ4v) is 4.11. The molecule has 0 unspecified atom stereocenters. The summed E-state index contributed by atoms with van der Waals surface area (Å²) in [6.07, 6.45) is 2.92. The van der Waals surface area contributed by atoms with Crippen LogP contribution in [0.15, 0.2) is 59.5 Å². The van der Waals surface area contributed by atoms with E-state index in [2.05, 4.69) is 39.2 Å². The summed E-state index contributed by atoms with van der Waals surface area (Å²) in [6, 6.07) is 16.8. The van der Waals surface area contributed by atoms with E-state index in [1.165, 1.54) is 3.97 Å². The van der Waals surface area contributed by atoms with Gasteiger partial charge in [-0.05, 0) is 12.1 Å². The van der Waals surface area contributed by atoms with Crippen LogP contribution in [0.5, 0.6) is 0 Å². The van der Waals surface area contributed by atoms with Gasteiger partial charge in [0.2, 0.25) is 10.0 Å². The van der Waals surface area contributed by atoms with Crippen molar-refractivity contribution in [2.45, 2.75) is 51.6 Å². The first kappa shape index (κ1) is 23.7. The first-order chi connectivity index (χ1) is 12.2. The molecule has 3 rings (SSSR count). The zero-order chi connectivity index (χ0) is 19.3. The number of fused-ring (bicyclic) bond motifs is 1. The van der Waals surface area contributed by atoms with Crippen molar-refractivity contribution in [1.29, 1.82) is 0 Å². The molecule has 0 bridgehead atoms. The smallest absolute Gasteiger partial charge is 0.658 e. The normalized spacial score (nSPS) is 11.2. The molecule has 140 valence electrons. The van der Waals surface area contributed by atoms with E-state index < -0.39 is 10.0 Å². The van der Waals surface area contributed by atoms with Gasteiger partial charge in [-0.15, -0.1) is 29.8 Å². The number of hydrogen-bond donors (Lipinski definition) is 0. The van der Waals surface area contributed by atoms with Crippen LogP contribution in [0, 0.1) is 13.1 Å². The van der Waals surface area contributed by atoms with Gasteiger partial charge in [0.25, 0.3) is 0 Å². The van der Waals surface area contributed by atoms with E-state index in [1.54, 1.807) is 36.4 Å². The first-order valence-electron chi connectivity index (χ1n) is 8.73. The number of hydrogen-bond acceptors (Lipinski definition) is 2. The molecule has 0 N–H and O–H groups in total. The van der Waals surface area contributed by atoms with Crippen LogP contribution >= 0.6 is 0 Å². The van der Waals surface area contributed by atoms with Gasteiger partial charge in [-0.25, -0.2) is 8.42 Å². The molecule has 2 aromatic carbocycles. The Hall–Kier alpha value is -1.34. The van der Waals surface area contributed by atoms with Crippen molar-refractivity contribution < 1.29 is 8.42 Å². The second kappa shape index (κ2) is 10.3. The Labute approximate surface area is 179 Å². The molecular weight excluding hydrogens is 369 g/mol. The molecule has 0 atom stereocenters. The maximum absolute atomic E-state index is 12.6. The molecule has 0 aliphatic rings. The molecule has 0 saturated heterocycles. The van der Waals surface area contributed by atoms with E-state index in [0.717, 1.165) is 10.9 Å². The number of aromatic nitrogens is 1. The Bertz CT molecular complexity index is 943. The van der Waals surface area contributed by atoms with Gasteiger partial charge in [-0.1, -0.05) is 76.7 Å². The minimum absolute atomic E-state index is 0. The van der Waals surface area contributed by atoms with Crippen LogP contribution in [0.25, 0.3) is 16.2 Å². The van der Waals surface area contributed by atoms with Crippen molar-refractivity contribution in [3.63, 3.8) is 0 Å². The second-order valence-corrected chi connectivity index (χ2v) is 8.46. The van der Waals surface area contributed by atoms with E-state index in [1.807, 2.05) is 25.1 Å². The van der Waals surface area contributed by atoms with Crippen molar-refractivity contribution in [3.05, 3.63) is 71.7 Å². The zero-order valence-electron chi connectivity index (χ0n) is 16.7. The van der Waals surface area contributed by atoms with E-state index in [4.69, 9.17) is 0 Å². The van der Waals surface area contributed by atoms with Crippen molar-refractivity contribution in [1.82, 2.24) is 3.97 Å². The third kappa shape index (κ3) is 6.07. The van der Waals surface area contributed by atoms with Crippen molar-refractivity contribution in [2.75, 3.05) is 0 Å². The standard InChI is InChI=1S/C15H12NO2S.C6H14N.Mg/c1-12-11-16(15-10-6-5-9-14(12)15)19(17,18)13-7-3-2-4-8-13;1-5(2)7-6(3)4;/h2-10H,1H3;5-6H,1-4H3;/q2*-1;+2. The monoisotopic (exact) mass is 394 g/mol. The Morgan fingerprint density at radius 2 is 1.41 bits per heavy atom. The van der Waals surface area contributed by atoms with Gasteiger partial charge in [0.15, 0.2) is 0 Å². The first-order valence-corrected chi connectivity index (χ1v) is 10.2. The van der Waals surface area contributed by atoms with Gasteiger partial charge in [0.1, 0.15) is 0 Å². The summed E-state index contributed by atoms with van der Waals surface area (Å²) in [4.78, 5) is 0.270. The summed E-state index contributed by atoms with van der Waals surface area (Å²) in [6.45, 7) is 10.2. The van der Waals surface area contributed by atoms with Crippen LogP contribution in [0.3, 0.4) is 0 Å². The fourth-order valence-electron chi connectivity index (χ4n) is 2.72. The van der Waals surface area contributed by atoms with Crippen molar-refractivity contribution in [2.24, 2.45) is 0 Å². The van der Waals surface area contributed by atoms with Gasteiger partial charge in [0, 0.05) is 0 Å². The molecule has 1 heterocycles. The number of para-hydroxylation sites is 1. The van der Waals surface area contributed by atoms with Crippen LogP contribution in [0.1, 0.15) is 33.3 Å². The fraction of sp³-hybridized carbons (Fsp3) is 0.333. The molecule has 1 aromatic heterocycles. The Morgan fingerprint density at radius 1 is 0.889 bits per heavy atom. The maximum atomic E-state index is 12.6. The van der Waals surface area contributed by atoms with E-state index in [9.17, 15) is 8.42 Å². The van der Waals surface area contributed by atoms with Crippen LogP contribution in [0.2, 0.25) is 0 Å². The van der Waals surface area contributed by atoms with E-state index >= 15 is 0 Å². The average Bonchev–Trinajstić information content (AvgIpc) is 2.93. The topological polar surface area (TPSA) is 53.2 Å². The zero-order valence-corrected chi connectivity index (χ0v) is 18.9. The van der Waals surface area contributed by atoms with Crippen molar-refractivity contribution in [3.8, 4) is 0 Å². The maximum Gasteiger partial charge on any atom is 2.00 e. The van der Waals surface area contributed by atoms with Crippen LogP contribution < -0.4 is 0 Å². The van der Waals surface area contributed by atoms with Gasteiger partial charge in [0.05, 0.1) is 4.90 Å². The SMILES string of the molecule is CC(C)[N-]C(C)C.Cc1[c-]n(S(=O)(=O)c2ccccc2)c2ccccc12.[Mg+2]. The second-order valence-electron chi connectivity index (χ2n) is 6.67. The molecule has 0 amide bonds. The van der Waals surface area contributed by atoms with Crippen LogP contribution in [-0.4, -0.2) is 47.5 Å². The van der Waals surface area contributed by atoms with Crippen molar-refractivity contribution >= 4 is 44.0 Å². The average molecular weight is 395 g/mol. The summed E-state index contributed by atoms with van der Waals surface area (Å²) in [7, 11) is -3.58. The predicted octanol–water partition coefficient (Wildman–Crippen LogP) is 4.78. The molecule has 3 aromatic rings. The summed E-state index contributed by atoms with van der Waals surface area (Å²) in [5, 5.41) is 5.18. The Kier molecular flexibility index (Phi) is 9.01. The molecule has 27 heavy (non-hydrogen) atoms. The molecule has 6 heteroatoms. The molecule has 0 saturated carbocycles. The molecule has 0 aliphatic carbocycles. The van der Waals surface area contributed by atoms with Gasteiger partial charge in [-0.2, -0.15) is 5.39 Å². The molecule has 0 radical (unpaired) electrons. The number of rotatable bonds is 4. The largest absolute Gasteiger partial charge is 2.00 e. The predicted molar refractivity (Wildman–Crippen MR) is 114 cm³/mol. The number of benzene rings is 2. The van der Waals surface area contributed by atoms with Crippen LogP contribution in [0.4, 0.5) is 0 Å². The third-order valence-corrected chi connectivity index (χ3v) is 5.31. The van der Waals surface area contributed by atoms with Gasteiger partial charge >= 0.3 is 23.1 Å². The Balaban J connectivity index is 0.000000395. The number of aryl methyl sites for hydroxylation is 1. The number of nitrogens with zero attached hydrogens (tertiary/aromatic N) is 2. The summed E-state index contributed by atoms with van der Waals surface area (Å²) < 4.78 is 26.4.